The third kappa shape index (κ3) is 2.62. The van der Waals surface area contributed by atoms with Crippen molar-refractivity contribution in [1.82, 2.24) is 4.98 Å². The van der Waals surface area contributed by atoms with Gasteiger partial charge in [-0.2, -0.15) is 0 Å². The molecule has 2 heteroatoms. The highest BCUT2D eigenvalue weighted by atomic mass is 14.7. The molecular formula is C20H16N2. The van der Waals surface area contributed by atoms with Gasteiger partial charge in [-0.05, 0) is 48.2 Å². The van der Waals surface area contributed by atoms with Crippen molar-refractivity contribution in [2.24, 2.45) is 0 Å². The Morgan fingerprint density at radius 1 is 0.864 bits per heavy atom. The predicted molar refractivity (Wildman–Crippen MR) is 90.8 cm³/mol. The first-order valence-corrected chi connectivity index (χ1v) is 7.19. The summed E-state index contributed by atoms with van der Waals surface area (Å²) in [5.74, 6) is 0. The van der Waals surface area contributed by atoms with E-state index in [1.54, 1.807) is 0 Å². The molecule has 1 aromatic heterocycles. The molecule has 0 aliphatic rings. The molecule has 106 valence electrons. The topological polar surface area (TPSA) is 17.2 Å². The van der Waals surface area contributed by atoms with Gasteiger partial charge in [-0.3, -0.25) is 4.98 Å². The summed E-state index contributed by atoms with van der Waals surface area (Å²) in [4.78, 5) is 8.16. The van der Waals surface area contributed by atoms with Gasteiger partial charge in [-0.25, -0.2) is 4.85 Å². The van der Waals surface area contributed by atoms with Gasteiger partial charge in [-0.15, -0.1) is 0 Å². The molecule has 22 heavy (non-hydrogen) atoms. The van der Waals surface area contributed by atoms with Crippen LogP contribution < -0.4 is 0 Å². The summed E-state index contributed by atoms with van der Waals surface area (Å²) in [6, 6.07) is 18.1. The minimum Gasteiger partial charge on any atom is -0.255 e. The molecule has 0 fully saturated rings. The fourth-order valence-electron chi connectivity index (χ4n) is 2.61. The van der Waals surface area contributed by atoms with Crippen molar-refractivity contribution in [3.63, 3.8) is 0 Å². The van der Waals surface area contributed by atoms with Crippen LogP contribution in [0.25, 0.3) is 27.2 Å². The van der Waals surface area contributed by atoms with Gasteiger partial charge >= 0.3 is 0 Å². The normalized spacial score (nSPS) is 10.2. The highest BCUT2D eigenvalue weighted by molar-refractivity contribution is 5.74. The molecule has 1 heterocycles. The molecule has 0 amide bonds. The van der Waals surface area contributed by atoms with Crippen LogP contribution in [0.15, 0.2) is 60.8 Å². The van der Waals surface area contributed by atoms with Gasteiger partial charge in [0, 0.05) is 11.8 Å². The van der Waals surface area contributed by atoms with E-state index >= 15 is 0 Å². The average Bonchev–Trinajstić information content (AvgIpc) is 2.56. The van der Waals surface area contributed by atoms with E-state index in [9.17, 15) is 0 Å². The highest BCUT2D eigenvalue weighted by Crippen LogP contribution is 2.30. The SMILES string of the molecule is [C-]#[N+]c1ccc(C)c(-c2cnc(-c3ccccc3)c(C)c2)c1. The Hall–Kier alpha value is -2.92. The van der Waals surface area contributed by atoms with E-state index in [0.29, 0.717) is 5.69 Å². The zero-order chi connectivity index (χ0) is 15.5. The van der Waals surface area contributed by atoms with Crippen LogP contribution in [0.5, 0.6) is 0 Å². The number of benzene rings is 2. The number of rotatable bonds is 2. The van der Waals surface area contributed by atoms with Crippen LogP contribution in [0.2, 0.25) is 0 Å². The Balaban J connectivity index is 2.08. The maximum atomic E-state index is 7.17. The van der Waals surface area contributed by atoms with Gasteiger partial charge in [0.25, 0.3) is 0 Å². The number of aryl methyl sites for hydroxylation is 2. The highest BCUT2D eigenvalue weighted by Gasteiger charge is 2.08. The van der Waals surface area contributed by atoms with Crippen LogP contribution in [0.1, 0.15) is 11.1 Å². The van der Waals surface area contributed by atoms with Crippen molar-refractivity contribution in [3.05, 3.63) is 83.3 Å². The summed E-state index contributed by atoms with van der Waals surface area (Å²) in [6.45, 7) is 11.3. The second-order valence-corrected chi connectivity index (χ2v) is 5.37. The van der Waals surface area contributed by atoms with Crippen LogP contribution in [-0.4, -0.2) is 4.98 Å². The summed E-state index contributed by atoms with van der Waals surface area (Å²) in [5, 5.41) is 0. The number of nitrogens with zero attached hydrogens (tertiary/aromatic N) is 2. The van der Waals surface area contributed by atoms with E-state index < -0.39 is 0 Å². The number of aromatic nitrogens is 1. The maximum Gasteiger partial charge on any atom is 0.187 e. The van der Waals surface area contributed by atoms with E-state index in [1.165, 1.54) is 0 Å². The van der Waals surface area contributed by atoms with Gasteiger partial charge < -0.3 is 0 Å². The molecule has 0 aliphatic carbocycles. The second-order valence-electron chi connectivity index (χ2n) is 5.37. The third-order valence-electron chi connectivity index (χ3n) is 3.79. The molecule has 0 saturated carbocycles. The third-order valence-corrected chi connectivity index (χ3v) is 3.79. The van der Waals surface area contributed by atoms with Gasteiger partial charge in [0.15, 0.2) is 5.69 Å². The summed E-state index contributed by atoms with van der Waals surface area (Å²) in [6.07, 6.45) is 1.89. The van der Waals surface area contributed by atoms with Crippen LogP contribution in [0, 0.1) is 20.4 Å². The van der Waals surface area contributed by atoms with E-state index in [4.69, 9.17) is 6.57 Å². The van der Waals surface area contributed by atoms with Crippen molar-refractivity contribution in [2.75, 3.05) is 0 Å². The molecule has 2 nitrogen and oxygen atoms in total. The van der Waals surface area contributed by atoms with Crippen LogP contribution in [0.3, 0.4) is 0 Å². The van der Waals surface area contributed by atoms with Crippen molar-refractivity contribution < 1.29 is 0 Å². The van der Waals surface area contributed by atoms with Gasteiger partial charge in [0.1, 0.15) is 0 Å². The van der Waals surface area contributed by atoms with E-state index in [2.05, 4.69) is 41.9 Å². The second kappa shape index (κ2) is 5.83. The van der Waals surface area contributed by atoms with Gasteiger partial charge in [0.05, 0.1) is 12.3 Å². The molecule has 0 spiro atoms. The summed E-state index contributed by atoms with van der Waals surface area (Å²) in [5.41, 5.74) is 7.20. The molecule has 0 N–H and O–H groups in total. The van der Waals surface area contributed by atoms with Gasteiger partial charge in [0.2, 0.25) is 0 Å². The molecule has 0 aliphatic heterocycles. The molecule has 0 atom stereocenters. The van der Waals surface area contributed by atoms with Crippen LogP contribution in [0.4, 0.5) is 5.69 Å². The van der Waals surface area contributed by atoms with Crippen molar-refractivity contribution in [2.45, 2.75) is 13.8 Å². The zero-order valence-corrected chi connectivity index (χ0v) is 12.7. The molecule has 2 aromatic carbocycles. The first kappa shape index (κ1) is 14.0. The largest absolute Gasteiger partial charge is 0.255 e. The monoisotopic (exact) mass is 284 g/mol. The minimum absolute atomic E-state index is 0.658. The molecule has 0 unspecified atom stereocenters. The Kier molecular flexibility index (Phi) is 3.72. The quantitative estimate of drug-likeness (QED) is 0.561. The molecule has 0 saturated heterocycles. The molecular weight excluding hydrogens is 268 g/mol. The molecule has 0 radical (unpaired) electrons. The summed E-state index contributed by atoms with van der Waals surface area (Å²) in [7, 11) is 0. The van der Waals surface area contributed by atoms with Crippen LogP contribution >= 0.6 is 0 Å². The first-order chi connectivity index (χ1) is 10.7. The molecule has 0 bridgehead atoms. The summed E-state index contributed by atoms with van der Waals surface area (Å²) >= 11 is 0. The molecule has 3 rings (SSSR count). The number of pyridine rings is 1. The minimum atomic E-state index is 0.658. The van der Waals surface area contributed by atoms with Crippen LogP contribution in [-0.2, 0) is 0 Å². The number of hydrogen-bond donors (Lipinski definition) is 0. The standard InChI is InChI=1S/C20H16N2/c1-14-9-10-18(21-3)12-19(14)17-11-15(2)20(22-13-17)16-7-5-4-6-8-16/h4-13H,1-2H3. The Morgan fingerprint density at radius 3 is 2.32 bits per heavy atom. The molecule has 3 aromatic rings. The zero-order valence-electron chi connectivity index (χ0n) is 12.7. The van der Waals surface area contributed by atoms with E-state index in [0.717, 1.165) is 33.5 Å². The van der Waals surface area contributed by atoms with E-state index in [-0.39, 0.29) is 0 Å². The average molecular weight is 284 g/mol. The van der Waals surface area contributed by atoms with Crippen molar-refractivity contribution >= 4 is 5.69 Å². The van der Waals surface area contributed by atoms with Crippen molar-refractivity contribution in [1.29, 1.82) is 0 Å². The van der Waals surface area contributed by atoms with Crippen molar-refractivity contribution in [3.8, 4) is 22.4 Å². The Bertz CT molecular complexity index is 859. The smallest absolute Gasteiger partial charge is 0.187 e. The lowest BCUT2D eigenvalue weighted by molar-refractivity contribution is 1.27. The lowest BCUT2D eigenvalue weighted by atomic mass is 9.98. The first-order valence-electron chi connectivity index (χ1n) is 7.19. The Morgan fingerprint density at radius 2 is 1.64 bits per heavy atom. The predicted octanol–water partition coefficient (Wildman–Crippen LogP) is 5.58. The maximum absolute atomic E-state index is 7.17. The summed E-state index contributed by atoms with van der Waals surface area (Å²) < 4.78 is 0. The fourth-order valence-corrected chi connectivity index (χ4v) is 2.61. The fraction of sp³-hybridized carbons (Fsp3) is 0.100. The van der Waals surface area contributed by atoms with Gasteiger partial charge in [-0.1, -0.05) is 42.5 Å². The number of hydrogen-bond acceptors (Lipinski definition) is 1. The lowest BCUT2D eigenvalue weighted by Gasteiger charge is -2.10. The lowest BCUT2D eigenvalue weighted by Crippen LogP contribution is -1.91. The van der Waals surface area contributed by atoms with E-state index in [1.807, 2.05) is 42.6 Å². The Labute approximate surface area is 130 Å².